The second-order valence-electron chi connectivity index (χ2n) is 7.78. The molecular formula is C19H30BCl2F3N2O4. The number of carbonyl (C=O) groups is 1. The van der Waals surface area contributed by atoms with Gasteiger partial charge in [-0.3, -0.25) is 9.69 Å². The van der Waals surface area contributed by atoms with Crippen LogP contribution < -0.4 is 5.73 Å². The number of nitrogens with two attached hydrogens (primary N) is 1. The van der Waals surface area contributed by atoms with Crippen molar-refractivity contribution >= 4 is 37.9 Å². The van der Waals surface area contributed by atoms with Crippen LogP contribution >= 0.6 is 24.8 Å². The van der Waals surface area contributed by atoms with Gasteiger partial charge in [-0.25, -0.2) is 0 Å². The van der Waals surface area contributed by atoms with Gasteiger partial charge in [0.2, 0.25) is 0 Å². The zero-order valence-corrected chi connectivity index (χ0v) is 18.7. The number of halogens is 5. The van der Waals surface area contributed by atoms with E-state index >= 15 is 0 Å². The number of carboxylic acids is 1. The third-order valence-electron chi connectivity index (χ3n) is 5.73. The maximum absolute atomic E-state index is 13.2. The van der Waals surface area contributed by atoms with Crippen molar-refractivity contribution in [3.05, 3.63) is 35.4 Å². The lowest BCUT2D eigenvalue weighted by atomic mass is 9.74. The summed E-state index contributed by atoms with van der Waals surface area (Å²) in [4.78, 5) is 13.7. The van der Waals surface area contributed by atoms with Crippen LogP contribution in [-0.2, 0) is 17.5 Å². The molecule has 12 heteroatoms. The summed E-state index contributed by atoms with van der Waals surface area (Å²) in [6, 6.07) is 5.48. The van der Waals surface area contributed by atoms with Crippen LogP contribution in [0.5, 0.6) is 0 Å². The molecule has 2 rings (SSSR count). The van der Waals surface area contributed by atoms with E-state index in [1.54, 1.807) is 6.07 Å². The highest BCUT2D eigenvalue weighted by Gasteiger charge is 2.43. The summed E-state index contributed by atoms with van der Waals surface area (Å²) in [5, 5.41) is 27.4. The zero-order valence-electron chi connectivity index (χ0n) is 17.1. The van der Waals surface area contributed by atoms with Crippen LogP contribution in [-0.4, -0.2) is 51.8 Å². The second-order valence-corrected chi connectivity index (χ2v) is 7.78. The minimum Gasteiger partial charge on any atom is -0.480 e. The number of hydrogen-bond donors (Lipinski definition) is 4. The maximum atomic E-state index is 13.2. The van der Waals surface area contributed by atoms with Crippen LogP contribution in [0.15, 0.2) is 24.3 Å². The highest BCUT2D eigenvalue weighted by Crippen LogP contribution is 2.35. The number of nitrogens with zero attached hydrogens (tertiary/aromatic N) is 1. The fourth-order valence-electron chi connectivity index (χ4n) is 4.01. The Balaban J connectivity index is 0.00000450. The Bertz CT molecular complexity index is 692. The molecule has 0 spiro atoms. The monoisotopic (exact) mass is 488 g/mol. The van der Waals surface area contributed by atoms with Crippen molar-refractivity contribution in [3.8, 4) is 0 Å². The van der Waals surface area contributed by atoms with Crippen molar-refractivity contribution in [2.24, 2.45) is 11.7 Å². The standard InChI is InChI=1S/C19H28BF3N2O4.2ClH/c21-19(22,23)16-6-2-1-5-14(16)13-25-11-7-15(8-12-25)18(24,17(26)27)9-3-4-10-20(28)29;;/h1-2,5-6,15,28-29H,3-4,7-13,24H2,(H,26,27);2*1H. The fraction of sp³-hybridized carbons (Fsp3) is 0.632. The fourth-order valence-corrected chi connectivity index (χ4v) is 4.01. The van der Waals surface area contributed by atoms with Crippen molar-refractivity contribution < 1.29 is 33.1 Å². The van der Waals surface area contributed by atoms with Gasteiger partial charge in [-0.05, 0) is 56.2 Å². The van der Waals surface area contributed by atoms with Crippen LogP contribution in [0.4, 0.5) is 13.2 Å². The van der Waals surface area contributed by atoms with Gasteiger partial charge in [0.05, 0.1) is 5.56 Å². The lowest BCUT2D eigenvalue weighted by Crippen LogP contribution is -2.56. The summed E-state index contributed by atoms with van der Waals surface area (Å²) >= 11 is 0. The van der Waals surface area contributed by atoms with E-state index in [0.717, 1.165) is 6.07 Å². The Labute approximate surface area is 193 Å². The van der Waals surface area contributed by atoms with E-state index in [4.69, 9.17) is 15.8 Å². The van der Waals surface area contributed by atoms with Crippen molar-refractivity contribution in [2.75, 3.05) is 13.1 Å². The predicted octanol–water partition coefficient (Wildman–Crippen LogP) is 3.19. The van der Waals surface area contributed by atoms with E-state index < -0.39 is 30.4 Å². The van der Waals surface area contributed by atoms with Gasteiger partial charge >= 0.3 is 19.3 Å². The number of likely N-dealkylation sites (tertiary alicyclic amines) is 1. The van der Waals surface area contributed by atoms with Crippen molar-refractivity contribution in [2.45, 2.75) is 56.7 Å². The van der Waals surface area contributed by atoms with Gasteiger partial charge in [-0.2, -0.15) is 13.2 Å². The van der Waals surface area contributed by atoms with E-state index in [9.17, 15) is 23.1 Å². The molecule has 1 atom stereocenters. The third kappa shape index (κ3) is 8.44. The molecule has 0 aromatic heterocycles. The molecule has 5 N–H and O–H groups in total. The molecule has 0 bridgehead atoms. The summed E-state index contributed by atoms with van der Waals surface area (Å²) in [5.41, 5.74) is 4.36. The number of hydrogen-bond acceptors (Lipinski definition) is 5. The third-order valence-corrected chi connectivity index (χ3v) is 5.73. The van der Waals surface area contributed by atoms with Crippen molar-refractivity contribution in [1.82, 2.24) is 4.90 Å². The Kier molecular flexibility index (Phi) is 12.4. The molecule has 0 aliphatic carbocycles. The molecule has 1 unspecified atom stereocenters. The predicted molar refractivity (Wildman–Crippen MR) is 117 cm³/mol. The van der Waals surface area contributed by atoms with Crippen LogP contribution in [0.25, 0.3) is 0 Å². The first-order chi connectivity index (χ1) is 13.5. The van der Waals surface area contributed by atoms with E-state index in [-0.39, 0.29) is 55.6 Å². The smallest absolute Gasteiger partial charge is 0.451 e. The van der Waals surface area contributed by atoms with E-state index in [0.29, 0.717) is 38.8 Å². The summed E-state index contributed by atoms with van der Waals surface area (Å²) in [6.07, 6.45) is -2.15. The van der Waals surface area contributed by atoms with Crippen LogP contribution in [0, 0.1) is 5.92 Å². The van der Waals surface area contributed by atoms with Crippen molar-refractivity contribution in [3.63, 3.8) is 0 Å². The summed E-state index contributed by atoms with van der Waals surface area (Å²) in [7, 11) is -1.42. The zero-order chi connectivity index (χ0) is 21.7. The molecule has 1 aromatic rings. The largest absolute Gasteiger partial charge is 0.480 e. The molecule has 1 aliphatic rings. The normalized spacial score (nSPS) is 17.2. The quantitative estimate of drug-likeness (QED) is 0.314. The van der Waals surface area contributed by atoms with Gasteiger partial charge in [0.15, 0.2) is 0 Å². The van der Waals surface area contributed by atoms with Gasteiger partial charge in [0, 0.05) is 6.54 Å². The SMILES string of the molecule is Cl.Cl.NC(CCCCB(O)O)(C(=O)O)C1CCN(Cc2ccccc2C(F)(F)F)CC1. The summed E-state index contributed by atoms with van der Waals surface area (Å²) < 4.78 is 39.5. The molecule has 1 fully saturated rings. The van der Waals surface area contributed by atoms with E-state index in [2.05, 4.69) is 0 Å². The lowest BCUT2D eigenvalue weighted by molar-refractivity contribution is -0.147. The number of carboxylic acid groups (broad SMARTS) is 1. The average molecular weight is 489 g/mol. The van der Waals surface area contributed by atoms with Crippen molar-refractivity contribution in [1.29, 1.82) is 0 Å². The number of benzene rings is 1. The Morgan fingerprint density at radius 2 is 1.71 bits per heavy atom. The molecular weight excluding hydrogens is 459 g/mol. The molecule has 1 saturated heterocycles. The first-order valence-corrected chi connectivity index (χ1v) is 9.80. The summed E-state index contributed by atoms with van der Waals surface area (Å²) in [6.45, 7) is 1.10. The second kappa shape index (κ2) is 12.9. The van der Waals surface area contributed by atoms with Gasteiger partial charge < -0.3 is 20.9 Å². The average Bonchev–Trinajstić information content (AvgIpc) is 2.65. The Hall–Kier alpha value is -1.04. The van der Waals surface area contributed by atoms with Gasteiger partial charge in [0.1, 0.15) is 5.54 Å². The molecule has 0 radical (unpaired) electrons. The van der Waals surface area contributed by atoms with E-state index in [1.165, 1.54) is 12.1 Å². The Morgan fingerprint density at radius 3 is 2.23 bits per heavy atom. The maximum Gasteiger partial charge on any atom is 0.451 e. The molecule has 31 heavy (non-hydrogen) atoms. The molecule has 178 valence electrons. The van der Waals surface area contributed by atoms with Crippen LogP contribution in [0.3, 0.4) is 0 Å². The number of unbranched alkanes of at least 4 members (excludes halogenated alkanes) is 1. The first-order valence-electron chi connectivity index (χ1n) is 9.80. The topological polar surface area (TPSA) is 107 Å². The lowest BCUT2D eigenvalue weighted by Gasteiger charge is -2.40. The summed E-state index contributed by atoms with van der Waals surface area (Å²) in [5.74, 6) is -1.38. The Morgan fingerprint density at radius 1 is 1.13 bits per heavy atom. The van der Waals surface area contributed by atoms with Gasteiger partial charge in [0.25, 0.3) is 0 Å². The molecule has 0 saturated carbocycles. The van der Waals surface area contributed by atoms with Gasteiger partial charge in [-0.15, -0.1) is 24.8 Å². The molecule has 1 aliphatic heterocycles. The highest BCUT2D eigenvalue weighted by molar-refractivity contribution is 6.40. The number of piperidine rings is 1. The van der Waals surface area contributed by atoms with Gasteiger partial charge in [-0.1, -0.05) is 31.0 Å². The first kappa shape index (κ1) is 30.0. The molecule has 1 heterocycles. The minimum atomic E-state index is -4.41. The van der Waals surface area contributed by atoms with Crippen LogP contribution in [0.1, 0.15) is 43.2 Å². The number of rotatable bonds is 9. The molecule has 0 amide bonds. The number of aliphatic carboxylic acids is 1. The number of alkyl halides is 3. The minimum absolute atomic E-state index is 0. The van der Waals surface area contributed by atoms with Crippen LogP contribution in [0.2, 0.25) is 6.32 Å². The highest BCUT2D eigenvalue weighted by atomic mass is 35.5. The molecule has 6 nitrogen and oxygen atoms in total. The molecule has 1 aromatic carbocycles. The van der Waals surface area contributed by atoms with E-state index in [1.807, 2.05) is 4.90 Å².